The first-order valence-corrected chi connectivity index (χ1v) is 9.81. The number of nitrogens with one attached hydrogen (secondary N) is 1. The standard InChI is InChI=1S/C21H26N2O4/c24-18-10-9-17(26-20(18)13-22-21(25)15-7-4-8-15)11-16-12-19(27-23-16)14-5-2-1-3-6-14/h1-3,5-6,12,15,17-18,20,24H,4,7-11,13H2,(H,22,25). The number of rotatable bonds is 6. The van der Waals surface area contributed by atoms with Crippen LogP contribution in [0.1, 0.15) is 37.8 Å². The number of aliphatic hydroxyl groups is 1. The lowest BCUT2D eigenvalue weighted by molar-refractivity contribution is -0.133. The predicted octanol–water partition coefficient (Wildman–Crippen LogP) is 2.71. The zero-order valence-corrected chi connectivity index (χ0v) is 15.3. The second-order valence-corrected chi connectivity index (χ2v) is 7.57. The maximum absolute atomic E-state index is 12.0. The summed E-state index contributed by atoms with van der Waals surface area (Å²) in [5.41, 5.74) is 1.83. The van der Waals surface area contributed by atoms with E-state index in [-0.39, 0.29) is 24.0 Å². The summed E-state index contributed by atoms with van der Waals surface area (Å²) < 4.78 is 11.5. The van der Waals surface area contributed by atoms with Gasteiger partial charge in [0.05, 0.1) is 17.9 Å². The van der Waals surface area contributed by atoms with Crippen molar-refractivity contribution in [3.8, 4) is 11.3 Å². The van der Waals surface area contributed by atoms with Crippen LogP contribution in [0.15, 0.2) is 40.9 Å². The second kappa shape index (κ2) is 8.23. The molecule has 1 saturated heterocycles. The highest BCUT2D eigenvalue weighted by Crippen LogP contribution is 2.27. The third-order valence-electron chi connectivity index (χ3n) is 5.59. The number of carbonyl (C=O) groups is 1. The topological polar surface area (TPSA) is 84.6 Å². The smallest absolute Gasteiger partial charge is 0.223 e. The maximum atomic E-state index is 12.0. The van der Waals surface area contributed by atoms with Gasteiger partial charge in [-0.25, -0.2) is 0 Å². The van der Waals surface area contributed by atoms with Crippen LogP contribution in [0.3, 0.4) is 0 Å². The molecule has 0 bridgehead atoms. The van der Waals surface area contributed by atoms with Gasteiger partial charge in [0.25, 0.3) is 0 Å². The number of hydrogen-bond donors (Lipinski definition) is 2. The average molecular weight is 370 g/mol. The van der Waals surface area contributed by atoms with E-state index in [1.54, 1.807) is 0 Å². The van der Waals surface area contributed by atoms with Crippen molar-refractivity contribution in [1.82, 2.24) is 10.5 Å². The first-order valence-electron chi connectivity index (χ1n) is 9.81. The van der Waals surface area contributed by atoms with Gasteiger partial charge in [0.2, 0.25) is 5.91 Å². The molecule has 4 rings (SSSR count). The van der Waals surface area contributed by atoms with Crippen LogP contribution in [0.4, 0.5) is 0 Å². The summed E-state index contributed by atoms with van der Waals surface area (Å²) >= 11 is 0. The van der Waals surface area contributed by atoms with Gasteiger partial charge in [-0.3, -0.25) is 4.79 Å². The van der Waals surface area contributed by atoms with Crippen LogP contribution < -0.4 is 5.32 Å². The SMILES string of the molecule is O=C(NCC1OC(Cc2cc(-c3ccccc3)on2)CCC1O)C1CCC1. The van der Waals surface area contributed by atoms with Crippen molar-refractivity contribution in [3.63, 3.8) is 0 Å². The molecule has 2 aromatic rings. The Hall–Kier alpha value is -2.18. The van der Waals surface area contributed by atoms with E-state index in [9.17, 15) is 9.90 Å². The lowest BCUT2D eigenvalue weighted by Gasteiger charge is -2.34. The zero-order valence-electron chi connectivity index (χ0n) is 15.3. The molecule has 0 radical (unpaired) electrons. The minimum absolute atomic E-state index is 0.0345. The number of hydrogen-bond acceptors (Lipinski definition) is 5. The monoisotopic (exact) mass is 370 g/mol. The summed E-state index contributed by atoms with van der Waals surface area (Å²) in [5.74, 6) is 0.974. The lowest BCUT2D eigenvalue weighted by atomic mass is 9.85. The Kier molecular flexibility index (Phi) is 5.55. The molecule has 0 spiro atoms. The highest BCUT2D eigenvalue weighted by Gasteiger charge is 2.32. The van der Waals surface area contributed by atoms with Crippen molar-refractivity contribution in [2.24, 2.45) is 5.92 Å². The molecular weight excluding hydrogens is 344 g/mol. The molecule has 144 valence electrons. The number of carbonyl (C=O) groups excluding carboxylic acids is 1. The van der Waals surface area contributed by atoms with Crippen LogP contribution in [-0.2, 0) is 16.0 Å². The summed E-state index contributed by atoms with van der Waals surface area (Å²) in [7, 11) is 0. The summed E-state index contributed by atoms with van der Waals surface area (Å²) in [6, 6.07) is 11.8. The highest BCUT2D eigenvalue weighted by molar-refractivity contribution is 5.79. The summed E-state index contributed by atoms with van der Waals surface area (Å²) in [5, 5.41) is 17.3. The maximum Gasteiger partial charge on any atom is 0.223 e. The van der Waals surface area contributed by atoms with Crippen molar-refractivity contribution < 1.29 is 19.2 Å². The van der Waals surface area contributed by atoms with Gasteiger partial charge in [0.1, 0.15) is 6.10 Å². The molecule has 1 amide bonds. The predicted molar refractivity (Wildman–Crippen MR) is 99.9 cm³/mol. The molecule has 1 aliphatic heterocycles. The van der Waals surface area contributed by atoms with Crippen molar-refractivity contribution in [1.29, 1.82) is 0 Å². The van der Waals surface area contributed by atoms with Crippen LogP contribution in [0, 0.1) is 5.92 Å². The van der Waals surface area contributed by atoms with Crippen molar-refractivity contribution >= 4 is 5.91 Å². The molecule has 3 atom stereocenters. The molecule has 1 aromatic heterocycles. The number of ether oxygens (including phenoxy) is 1. The molecule has 1 aliphatic carbocycles. The Bertz CT molecular complexity index is 757. The third-order valence-corrected chi connectivity index (χ3v) is 5.59. The lowest BCUT2D eigenvalue weighted by Crippen LogP contribution is -2.48. The molecule has 1 saturated carbocycles. The van der Waals surface area contributed by atoms with Crippen molar-refractivity contribution in [2.75, 3.05) is 6.54 Å². The average Bonchev–Trinajstić information content (AvgIpc) is 3.10. The number of benzene rings is 1. The summed E-state index contributed by atoms with van der Waals surface area (Å²) in [6.07, 6.45) is 4.19. The van der Waals surface area contributed by atoms with Gasteiger partial charge < -0.3 is 19.7 Å². The first kappa shape index (κ1) is 18.2. The third kappa shape index (κ3) is 4.39. The molecule has 2 fully saturated rings. The quantitative estimate of drug-likeness (QED) is 0.817. The van der Waals surface area contributed by atoms with E-state index in [0.717, 1.165) is 42.7 Å². The molecule has 1 aromatic carbocycles. The van der Waals surface area contributed by atoms with Gasteiger partial charge in [-0.15, -0.1) is 0 Å². The highest BCUT2D eigenvalue weighted by atomic mass is 16.5. The second-order valence-electron chi connectivity index (χ2n) is 7.57. The van der Waals surface area contributed by atoms with Gasteiger partial charge in [0, 0.05) is 30.5 Å². The summed E-state index contributed by atoms with van der Waals surface area (Å²) in [4.78, 5) is 12.0. The number of amides is 1. The van der Waals surface area contributed by atoms with Gasteiger partial charge in [-0.2, -0.15) is 0 Å². The number of nitrogens with zero attached hydrogens (tertiary/aromatic N) is 1. The fourth-order valence-electron chi connectivity index (χ4n) is 3.68. The minimum atomic E-state index is -0.542. The number of aliphatic hydroxyl groups excluding tert-OH is 1. The fraction of sp³-hybridized carbons (Fsp3) is 0.524. The van der Waals surface area contributed by atoms with Gasteiger partial charge in [-0.1, -0.05) is 41.9 Å². The fourth-order valence-corrected chi connectivity index (χ4v) is 3.68. The van der Waals surface area contributed by atoms with E-state index in [4.69, 9.17) is 9.26 Å². The van der Waals surface area contributed by atoms with Gasteiger partial charge in [-0.05, 0) is 25.7 Å². The van der Waals surface area contributed by atoms with Crippen molar-refractivity contribution in [2.45, 2.75) is 56.8 Å². The molecule has 3 unspecified atom stereocenters. The van der Waals surface area contributed by atoms with E-state index >= 15 is 0 Å². The van der Waals surface area contributed by atoms with Crippen LogP contribution in [0.5, 0.6) is 0 Å². The molecule has 2 N–H and O–H groups in total. The summed E-state index contributed by atoms with van der Waals surface area (Å²) in [6.45, 7) is 0.362. The number of aromatic nitrogens is 1. The van der Waals surface area contributed by atoms with E-state index in [1.807, 2.05) is 36.4 Å². The largest absolute Gasteiger partial charge is 0.390 e. The minimum Gasteiger partial charge on any atom is -0.390 e. The van der Waals surface area contributed by atoms with E-state index in [2.05, 4.69) is 10.5 Å². The van der Waals surface area contributed by atoms with Crippen molar-refractivity contribution in [3.05, 3.63) is 42.1 Å². The normalized spacial score (nSPS) is 25.7. The van der Waals surface area contributed by atoms with Gasteiger partial charge in [0.15, 0.2) is 5.76 Å². The van der Waals surface area contributed by atoms with Crippen LogP contribution in [0.2, 0.25) is 0 Å². The molecule has 2 heterocycles. The van der Waals surface area contributed by atoms with E-state index in [0.29, 0.717) is 19.4 Å². The first-order chi connectivity index (χ1) is 13.2. The van der Waals surface area contributed by atoms with E-state index < -0.39 is 6.10 Å². The molecular formula is C21H26N2O4. The molecule has 6 heteroatoms. The van der Waals surface area contributed by atoms with Crippen LogP contribution in [0.25, 0.3) is 11.3 Å². The zero-order chi connectivity index (χ0) is 18.6. The Morgan fingerprint density at radius 2 is 2.00 bits per heavy atom. The molecule has 2 aliphatic rings. The Morgan fingerprint density at radius 1 is 1.19 bits per heavy atom. The van der Waals surface area contributed by atoms with Crippen LogP contribution >= 0.6 is 0 Å². The Labute approximate surface area is 158 Å². The van der Waals surface area contributed by atoms with Gasteiger partial charge >= 0.3 is 0 Å². The Balaban J connectivity index is 1.31. The molecule has 27 heavy (non-hydrogen) atoms. The molecule has 6 nitrogen and oxygen atoms in total. The Morgan fingerprint density at radius 3 is 2.74 bits per heavy atom. The van der Waals surface area contributed by atoms with E-state index in [1.165, 1.54) is 0 Å². The van der Waals surface area contributed by atoms with Crippen LogP contribution in [-0.4, -0.2) is 41.0 Å².